The zero-order valence-electron chi connectivity index (χ0n) is 16.5. The fourth-order valence-corrected chi connectivity index (χ4v) is 3.01. The Morgan fingerprint density at radius 3 is 2.58 bits per heavy atom. The molecule has 146 valence electrons. The zero-order chi connectivity index (χ0) is 18.6. The fourth-order valence-electron chi connectivity index (χ4n) is 3.01. The van der Waals surface area contributed by atoms with Crippen LogP contribution in [0.5, 0.6) is 0 Å². The largest absolute Gasteiger partial charge is 0.380 e. The maximum absolute atomic E-state index is 5.53. The Bertz CT molecular complexity index is 527. The number of morpholine rings is 1. The maximum atomic E-state index is 5.53. The van der Waals surface area contributed by atoms with E-state index in [1.165, 1.54) is 11.1 Å². The molecule has 0 spiro atoms. The van der Waals surface area contributed by atoms with E-state index in [4.69, 9.17) is 14.5 Å². The summed E-state index contributed by atoms with van der Waals surface area (Å²) in [6.07, 6.45) is 0. The molecule has 1 unspecified atom stereocenters. The maximum Gasteiger partial charge on any atom is 0.191 e. The second-order valence-corrected chi connectivity index (χ2v) is 6.42. The van der Waals surface area contributed by atoms with Gasteiger partial charge in [0.1, 0.15) is 0 Å². The van der Waals surface area contributed by atoms with Gasteiger partial charge < -0.3 is 20.1 Å². The molecule has 1 saturated heterocycles. The van der Waals surface area contributed by atoms with Crippen LogP contribution in [0.2, 0.25) is 0 Å². The molecule has 1 atom stereocenters. The van der Waals surface area contributed by atoms with Crippen LogP contribution in [0.25, 0.3) is 0 Å². The van der Waals surface area contributed by atoms with Gasteiger partial charge in [0.15, 0.2) is 5.96 Å². The molecule has 1 aromatic carbocycles. The first kappa shape index (κ1) is 20.7. The third-order valence-corrected chi connectivity index (χ3v) is 4.46. The molecule has 6 heteroatoms. The number of hydrogen-bond acceptors (Lipinski definition) is 4. The summed E-state index contributed by atoms with van der Waals surface area (Å²) in [5, 5.41) is 6.66. The zero-order valence-corrected chi connectivity index (χ0v) is 16.5. The normalized spacial score (nSPS) is 17.1. The number of guanidine groups is 1. The first-order chi connectivity index (χ1) is 12.7. The first-order valence-electron chi connectivity index (χ1n) is 9.72. The molecule has 0 aliphatic carbocycles. The first-order valence-corrected chi connectivity index (χ1v) is 9.72. The van der Waals surface area contributed by atoms with Crippen molar-refractivity contribution >= 4 is 5.96 Å². The summed E-state index contributed by atoms with van der Waals surface area (Å²) >= 11 is 0. The van der Waals surface area contributed by atoms with Crippen molar-refractivity contribution in [1.29, 1.82) is 0 Å². The number of nitrogens with one attached hydrogen (secondary N) is 2. The average molecular weight is 363 g/mol. The quantitative estimate of drug-likeness (QED) is 0.400. The molecule has 1 aliphatic rings. The van der Waals surface area contributed by atoms with Gasteiger partial charge in [0.05, 0.1) is 32.4 Å². The van der Waals surface area contributed by atoms with Gasteiger partial charge in [0, 0.05) is 32.8 Å². The molecule has 1 aromatic rings. The topological polar surface area (TPSA) is 58.1 Å². The molecule has 0 radical (unpaired) electrons. The van der Waals surface area contributed by atoms with Crippen LogP contribution in [-0.4, -0.2) is 70.0 Å². The fraction of sp³-hybridized carbons (Fsp3) is 0.650. The van der Waals surface area contributed by atoms with Crippen molar-refractivity contribution in [3.8, 4) is 0 Å². The molecular formula is C20H34N4O2. The second-order valence-electron chi connectivity index (χ2n) is 6.42. The van der Waals surface area contributed by atoms with Crippen molar-refractivity contribution in [3.05, 3.63) is 35.4 Å². The van der Waals surface area contributed by atoms with E-state index in [1.807, 2.05) is 6.92 Å². The minimum atomic E-state index is 0.266. The summed E-state index contributed by atoms with van der Waals surface area (Å²) in [6, 6.07) is 9.07. The van der Waals surface area contributed by atoms with Gasteiger partial charge in [0.2, 0.25) is 0 Å². The molecule has 26 heavy (non-hydrogen) atoms. The minimum absolute atomic E-state index is 0.266. The van der Waals surface area contributed by atoms with E-state index in [1.54, 1.807) is 0 Å². The van der Waals surface area contributed by atoms with Crippen molar-refractivity contribution in [2.75, 3.05) is 59.2 Å². The van der Waals surface area contributed by atoms with Crippen LogP contribution < -0.4 is 10.6 Å². The lowest BCUT2D eigenvalue weighted by atomic mass is 10.0. The summed E-state index contributed by atoms with van der Waals surface area (Å²) < 4.78 is 10.9. The van der Waals surface area contributed by atoms with Crippen molar-refractivity contribution in [1.82, 2.24) is 15.5 Å². The van der Waals surface area contributed by atoms with Gasteiger partial charge in [-0.3, -0.25) is 9.89 Å². The molecule has 1 heterocycles. The Kier molecular flexibility index (Phi) is 9.45. The molecule has 2 rings (SSSR count). The average Bonchev–Trinajstić information content (AvgIpc) is 2.67. The van der Waals surface area contributed by atoms with Crippen LogP contribution in [0.4, 0.5) is 0 Å². The Labute approximate surface area is 158 Å². The van der Waals surface area contributed by atoms with Gasteiger partial charge in [-0.05, 0) is 26.3 Å². The number of aliphatic imine (C=N–C) groups is 1. The predicted octanol–water partition coefficient (Wildman–Crippen LogP) is 1.96. The highest BCUT2D eigenvalue weighted by Crippen LogP contribution is 2.22. The van der Waals surface area contributed by atoms with E-state index in [2.05, 4.69) is 53.6 Å². The van der Waals surface area contributed by atoms with Crippen molar-refractivity contribution in [2.24, 2.45) is 4.99 Å². The van der Waals surface area contributed by atoms with Crippen LogP contribution >= 0.6 is 0 Å². The highest BCUT2D eigenvalue weighted by Gasteiger charge is 2.22. The summed E-state index contributed by atoms with van der Waals surface area (Å²) in [5.74, 6) is 0.845. The van der Waals surface area contributed by atoms with Gasteiger partial charge >= 0.3 is 0 Å². The number of nitrogens with zero attached hydrogens (tertiary/aromatic N) is 2. The summed E-state index contributed by atoms with van der Waals surface area (Å²) in [7, 11) is 0. The highest BCUT2D eigenvalue weighted by atomic mass is 16.5. The minimum Gasteiger partial charge on any atom is -0.380 e. The monoisotopic (exact) mass is 362 g/mol. The van der Waals surface area contributed by atoms with Gasteiger partial charge in [-0.25, -0.2) is 0 Å². The number of aryl methyl sites for hydroxylation is 1. The van der Waals surface area contributed by atoms with E-state index in [0.717, 1.165) is 52.0 Å². The molecule has 0 bridgehead atoms. The van der Waals surface area contributed by atoms with Gasteiger partial charge in [0.25, 0.3) is 0 Å². The second kappa shape index (κ2) is 11.9. The third kappa shape index (κ3) is 6.94. The van der Waals surface area contributed by atoms with Crippen molar-refractivity contribution in [3.63, 3.8) is 0 Å². The van der Waals surface area contributed by atoms with E-state index in [0.29, 0.717) is 13.2 Å². The van der Waals surface area contributed by atoms with Crippen molar-refractivity contribution < 1.29 is 9.47 Å². The molecule has 0 aromatic heterocycles. The number of ether oxygens (including phenoxy) is 2. The Morgan fingerprint density at radius 1 is 1.19 bits per heavy atom. The van der Waals surface area contributed by atoms with Crippen LogP contribution in [0.1, 0.15) is 31.0 Å². The Balaban J connectivity index is 2.06. The Hall–Kier alpha value is -1.63. The molecule has 1 aliphatic heterocycles. The molecule has 6 nitrogen and oxygen atoms in total. The summed E-state index contributed by atoms with van der Waals surface area (Å²) in [5.41, 5.74) is 2.59. The van der Waals surface area contributed by atoms with Crippen LogP contribution in [0, 0.1) is 6.92 Å². The van der Waals surface area contributed by atoms with E-state index in [9.17, 15) is 0 Å². The van der Waals surface area contributed by atoms with Gasteiger partial charge in [-0.1, -0.05) is 29.8 Å². The standard InChI is InChI=1S/C20H34N4O2/c1-4-21-20(22-10-13-25-5-2)23-16-19(24-11-14-26-15-12-24)18-8-6-17(3)7-9-18/h6-9,19H,4-5,10-16H2,1-3H3,(H2,21,22,23). The molecule has 0 amide bonds. The Morgan fingerprint density at radius 2 is 1.92 bits per heavy atom. The summed E-state index contributed by atoms with van der Waals surface area (Å²) in [6.45, 7) is 13.4. The van der Waals surface area contributed by atoms with Crippen LogP contribution in [-0.2, 0) is 9.47 Å². The van der Waals surface area contributed by atoms with E-state index >= 15 is 0 Å². The third-order valence-electron chi connectivity index (χ3n) is 4.46. The number of benzene rings is 1. The smallest absolute Gasteiger partial charge is 0.191 e. The molecule has 1 fully saturated rings. The lowest BCUT2D eigenvalue weighted by Crippen LogP contribution is -2.42. The molecule has 0 saturated carbocycles. The highest BCUT2D eigenvalue weighted by molar-refractivity contribution is 5.79. The van der Waals surface area contributed by atoms with E-state index < -0.39 is 0 Å². The number of rotatable bonds is 9. The van der Waals surface area contributed by atoms with Crippen LogP contribution in [0.3, 0.4) is 0 Å². The molecular weight excluding hydrogens is 328 g/mol. The SMILES string of the molecule is CCNC(=NCC(c1ccc(C)cc1)N1CCOCC1)NCCOCC. The van der Waals surface area contributed by atoms with Crippen LogP contribution in [0.15, 0.2) is 29.3 Å². The van der Waals surface area contributed by atoms with Crippen molar-refractivity contribution in [2.45, 2.75) is 26.8 Å². The van der Waals surface area contributed by atoms with Gasteiger partial charge in [-0.15, -0.1) is 0 Å². The van der Waals surface area contributed by atoms with Gasteiger partial charge in [-0.2, -0.15) is 0 Å². The molecule has 2 N–H and O–H groups in total. The lowest BCUT2D eigenvalue weighted by molar-refractivity contribution is 0.0179. The van der Waals surface area contributed by atoms with E-state index in [-0.39, 0.29) is 6.04 Å². The summed E-state index contributed by atoms with van der Waals surface area (Å²) in [4.78, 5) is 7.32. The predicted molar refractivity (Wildman–Crippen MR) is 107 cm³/mol. The lowest BCUT2D eigenvalue weighted by Gasteiger charge is -2.34. The number of hydrogen-bond donors (Lipinski definition) is 2.